The molecule has 4 rings (SSSR count). The van der Waals surface area contributed by atoms with Crippen LogP contribution in [-0.2, 0) is 6.54 Å². The Bertz CT molecular complexity index is 1120. The van der Waals surface area contributed by atoms with Gasteiger partial charge in [0.25, 0.3) is 5.91 Å². The van der Waals surface area contributed by atoms with Crippen LogP contribution in [0.15, 0.2) is 78.9 Å². The van der Waals surface area contributed by atoms with Crippen molar-refractivity contribution in [2.75, 3.05) is 0 Å². The Morgan fingerprint density at radius 3 is 2.07 bits per heavy atom. The molecule has 4 nitrogen and oxygen atoms in total. The van der Waals surface area contributed by atoms with Crippen LogP contribution < -0.4 is 10.8 Å². The highest BCUT2D eigenvalue weighted by atomic mass is 16.4. The number of hydrogen-bond acceptors (Lipinski definition) is 3. The summed E-state index contributed by atoms with van der Waals surface area (Å²) in [5.41, 5.74) is 1.85. The maximum Gasteiger partial charge on any atom is 0.488 e. The molecule has 4 aromatic carbocycles. The van der Waals surface area contributed by atoms with Crippen LogP contribution >= 0.6 is 0 Å². The average molecular weight is 355 g/mol. The van der Waals surface area contributed by atoms with Crippen molar-refractivity contribution in [3.63, 3.8) is 0 Å². The Hall–Kier alpha value is -3.15. The normalized spacial score (nSPS) is 10.9. The lowest BCUT2D eigenvalue weighted by molar-refractivity contribution is 0.0951. The molecule has 0 aliphatic rings. The minimum atomic E-state index is -1.53. The minimum absolute atomic E-state index is 0.201. The van der Waals surface area contributed by atoms with Crippen molar-refractivity contribution in [2.24, 2.45) is 0 Å². The van der Waals surface area contributed by atoms with Crippen LogP contribution in [0.5, 0.6) is 0 Å². The number of nitrogens with one attached hydrogen (secondary N) is 1. The molecule has 0 radical (unpaired) electrons. The van der Waals surface area contributed by atoms with Crippen molar-refractivity contribution in [2.45, 2.75) is 6.54 Å². The molecule has 0 bridgehead atoms. The standard InChI is InChI=1S/C22H18BNO3/c25-22(16-7-9-21(10-8-16)23(26)27)24-14-15-5-6-19-12-17-3-1-2-4-18(17)13-20(19)11-15/h1-13,26-27H,14H2,(H,24,25). The van der Waals surface area contributed by atoms with Gasteiger partial charge in [0, 0.05) is 12.1 Å². The summed E-state index contributed by atoms with van der Waals surface area (Å²) in [7, 11) is -1.53. The summed E-state index contributed by atoms with van der Waals surface area (Å²) in [6.45, 7) is 0.423. The summed E-state index contributed by atoms with van der Waals surface area (Å²) in [6, 6.07) is 25.0. The van der Waals surface area contributed by atoms with Crippen LogP contribution in [0.3, 0.4) is 0 Å². The molecule has 5 heteroatoms. The van der Waals surface area contributed by atoms with Gasteiger partial charge < -0.3 is 15.4 Å². The van der Waals surface area contributed by atoms with E-state index in [4.69, 9.17) is 10.0 Å². The zero-order chi connectivity index (χ0) is 18.8. The molecule has 0 unspecified atom stereocenters. The van der Waals surface area contributed by atoms with Gasteiger partial charge in [0.1, 0.15) is 0 Å². The number of benzene rings is 4. The number of carbonyl (C=O) groups excluding carboxylic acids is 1. The highest BCUT2D eigenvalue weighted by Crippen LogP contribution is 2.23. The Kier molecular flexibility index (Phi) is 4.63. The van der Waals surface area contributed by atoms with Gasteiger partial charge in [-0.15, -0.1) is 0 Å². The van der Waals surface area contributed by atoms with E-state index in [1.165, 1.54) is 28.3 Å². The molecule has 132 valence electrons. The molecule has 0 fully saturated rings. The molecule has 4 aromatic rings. The Morgan fingerprint density at radius 2 is 1.41 bits per heavy atom. The molecule has 0 aliphatic carbocycles. The van der Waals surface area contributed by atoms with Gasteiger partial charge in [0.15, 0.2) is 0 Å². The van der Waals surface area contributed by atoms with Crippen molar-refractivity contribution in [1.29, 1.82) is 0 Å². The van der Waals surface area contributed by atoms with Crippen LogP contribution in [0.1, 0.15) is 15.9 Å². The van der Waals surface area contributed by atoms with E-state index in [1.54, 1.807) is 12.1 Å². The maximum absolute atomic E-state index is 12.3. The molecule has 0 aliphatic heterocycles. The van der Waals surface area contributed by atoms with E-state index in [0.717, 1.165) is 10.9 Å². The second kappa shape index (κ2) is 7.23. The van der Waals surface area contributed by atoms with Crippen LogP contribution in [0.25, 0.3) is 21.5 Å². The smallest absolute Gasteiger partial charge is 0.423 e. The summed E-state index contributed by atoms with van der Waals surface area (Å²) in [5.74, 6) is -0.201. The molecule has 0 atom stereocenters. The molecule has 0 saturated carbocycles. The zero-order valence-corrected chi connectivity index (χ0v) is 14.6. The molecule has 0 saturated heterocycles. The number of fused-ring (bicyclic) bond motifs is 2. The number of carbonyl (C=O) groups is 1. The van der Waals surface area contributed by atoms with E-state index in [1.807, 2.05) is 18.2 Å². The molecular weight excluding hydrogens is 337 g/mol. The van der Waals surface area contributed by atoms with E-state index in [9.17, 15) is 4.79 Å². The first-order valence-corrected chi connectivity index (χ1v) is 8.76. The summed E-state index contributed by atoms with van der Waals surface area (Å²) >= 11 is 0. The van der Waals surface area contributed by atoms with Crippen molar-refractivity contribution in [3.05, 3.63) is 90.0 Å². The highest BCUT2D eigenvalue weighted by molar-refractivity contribution is 6.58. The second-order valence-corrected chi connectivity index (χ2v) is 6.56. The molecule has 0 heterocycles. The van der Waals surface area contributed by atoms with Gasteiger partial charge >= 0.3 is 7.12 Å². The van der Waals surface area contributed by atoms with Gasteiger partial charge in [0.05, 0.1) is 0 Å². The van der Waals surface area contributed by atoms with Gasteiger partial charge in [-0.3, -0.25) is 4.79 Å². The summed E-state index contributed by atoms with van der Waals surface area (Å²) in [5, 5.41) is 25.8. The number of rotatable bonds is 4. The average Bonchev–Trinajstić information content (AvgIpc) is 2.70. The van der Waals surface area contributed by atoms with Gasteiger partial charge in [-0.25, -0.2) is 0 Å². The van der Waals surface area contributed by atoms with Crippen molar-refractivity contribution in [3.8, 4) is 0 Å². The SMILES string of the molecule is O=C(NCc1ccc2cc3ccccc3cc2c1)c1ccc(B(O)O)cc1. The first-order valence-electron chi connectivity index (χ1n) is 8.76. The topological polar surface area (TPSA) is 69.6 Å². The Balaban J connectivity index is 1.51. The third-order valence-corrected chi connectivity index (χ3v) is 4.69. The lowest BCUT2D eigenvalue weighted by atomic mass is 9.80. The highest BCUT2D eigenvalue weighted by Gasteiger charge is 2.12. The second-order valence-electron chi connectivity index (χ2n) is 6.56. The fourth-order valence-electron chi connectivity index (χ4n) is 3.19. The van der Waals surface area contributed by atoms with E-state index < -0.39 is 7.12 Å². The lowest BCUT2D eigenvalue weighted by Gasteiger charge is -2.08. The molecule has 3 N–H and O–H groups in total. The van der Waals surface area contributed by atoms with Gasteiger partial charge in [-0.05, 0) is 62.9 Å². The minimum Gasteiger partial charge on any atom is -0.423 e. The third kappa shape index (κ3) is 3.70. The van der Waals surface area contributed by atoms with Gasteiger partial charge in [-0.2, -0.15) is 0 Å². The van der Waals surface area contributed by atoms with E-state index in [2.05, 4.69) is 41.7 Å². The molecule has 27 heavy (non-hydrogen) atoms. The first-order chi connectivity index (χ1) is 13.1. The van der Waals surface area contributed by atoms with E-state index in [0.29, 0.717) is 17.6 Å². The van der Waals surface area contributed by atoms with Crippen molar-refractivity contribution in [1.82, 2.24) is 5.32 Å². The molecule has 1 amide bonds. The van der Waals surface area contributed by atoms with Gasteiger partial charge in [-0.1, -0.05) is 48.5 Å². The molecule has 0 aromatic heterocycles. The molecular formula is C22H18BNO3. The fraction of sp³-hybridized carbons (Fsp3) is 0.0455. The summed E-state index contributed by atoms with van der Waals surface area (Å²) in [6.07, 6.45) is 0. The quantitative estimate of drug-likeness (QED) is 0.389. The van der Waals surface area contributed by atoms with Gasteiger partial charge in [0.2, 0.25) is 0 Å². The van der Waals surface area contributed by atoms with Crippen LogP contribution in [0, 0.1) is 0 Å². The van der Waals surface area contributed by atoms with Crippen LogP contribution in [0.2, 0.25) is 0 Å². The first kappa shape index (κ1) is 17.3. The Labute approximate surface area is 157 Å². The zero-order valence-electron chi connectivity index (χ0n) is 14.6. The maximum atomic E-state index is 12.3. The van der Waals surface area contributed by atoms with Crippen molar-refractivity contribution >= 4 is 40.0 Å². The predicted molar refractivity (Wildman–Crippen MR) is 109 cm³/mol. The number of hydrogen-bond donors (Lipinski definition) is 3. The largest absolute Gasteiger partial charge is 0.488 e. The van der Waals surface area contributed by atoms with Crippen LogP contribution in [-0.4, -0.2) is 23.1 Å². The Morgan fingerprint density at radius 1 is 0.778 bits per heavy atom. The third-order valence-electron chi connectivity index (χ3n) is 4.69. The number of amides is 1. The van der Waals surface area contributed by atoms with Crippen LogP contribution in [0.4, 0.5) is 0 Å². The lowest BCUT2D eigenvalue weighted by Crippen LogP contribution is -2.30. The predicted octanol–water partition coefficient (Wildman–Crippen LogP) is 2.60. The monoisotopic (exact) mass is 355 g/mol. The van der Waals surface area contributed by atoms with E-state index in [-0.39, 0.29) is 5.91 Å². The summed E-state index contributed by atoms with van der Waals surface area (Å²) in [4.78, 5) is 12.3. The molecule has 0 spiro atoms. The summed E-state index contributed by atoms with van der Waals surface area (Å²) < 4.78 is 0. The van der Waals surface area contributed by atoms with Crippen molar-refractivity contribution < 1.29 is 14.8 Å². The van der Waals surface area contributed by atoms with E-state index >= 15 is 0 Å². The fourth-order valence-corrected chi connectivity index (χ4v) is 3.19.